The molecular formula is C23H20ClF3N6O. The molecule has 176 valence electrons. The second-order valence-corrected chi connectivity index (χ2v) is 8.19. The molecule has 0 bridgehead atoms. The van der Waals surface area contributed by atoms with E-state index in [4.69, 9.17) is 11.6 Å². The van der Waals surface area contributed by atoms with Crippen molar-refractivity contribution >= 4 is 17.5 Å². The Balaban J connectivity index is 1.36. The summed E-state index contributed by atoms with van der Waals surface area (Å²) in [6.45, 7) is 2.58. The lowest BCUT2D eigenvalue weighted by atomic mass is 10.1. The highest BCUT2D eigenvalue weighted by Crippen LogP contribution is 2.30. The van der Waals surface area contributed by atoms with E-state index < -0.39 is 23.3 Å². The van der Waals surface area contributed by atoms with E-state index in [9.17, 15) is 18.0 Å². The molecule has 0 spiro atoms. The molecule has 0 aliphatic rings. The Hall–Kier alpha value is -3.66. The van der Waals surface area contributed by atoms with Gasteiger partial charge < -0.3 is 5.32 Å². The number of aromatic nitrogens is 5. The zero-order valence-corrected chi connectivity index (χ0v) is 18.8. The zero-order chi connectivity index (χ0) is 24.3. The van der Waals surface area contributed by atoms with Crippen molar-refractivity contribution in [2.45, 2.75) is 32.6 Å². The fourth-order valence-corrected chi connectivity index (χ4v) is 3.62. The van der Waals surface area contributed by atoms with Crippen molar-refractivity contribution in [2.75, 3.05) is 0 Å². The van der Waals surface area contributed by atoms with Gasteiger partial charge in [-0.15, -0.1) is 0 Å². The molecule has 4 rings (SSSR count). The average molecular weight is 489 g/mol. The summed E-state index contributed by atoms with van der Waals surface area (Å²) in [6.07, 6.45) is 0.403. The van der Waals surface area contributed by atoms with E-state index in [0.29, 0.717) is 18.0 Å². The molecule has 0 aliphatic heterocycles. The number of nitrogens with one attached hydrogen (secondary N) is 2. The second-order valence-electron chi connectivity index (χ2n) is 7.75. The standard InChI is InChI=1S/C23H20ClF3N6O/c1-14-12-33(13-18-9-17(24)6-7-28-18)32-20(14)8-15-2-4-16(5-3-15)10-29-22(34)19-11-30-31-21(19)23(25,26)27/h2-7,9,11-12H,8,10,13H2,1H3,(H,29,34)(H,30,31). The molecule has 3 aromatic heterocycles. The molecule has 4 aromatic rings. The molecule has 3 heterocycles. The van der Waals surface area contributed by atoms with Gasteiger partial charge in [-0.1, -0.05) is 35.9 Å². The summed E-state index contributed by atoms with van der Waals surface area (Å²) < 4.78 is 40.6. The van der Waals surface area contributed by atoms with Crippen molar-refractivity contribution in [3.05, 3.63) is 99.3 Å². The predicted octanol–water partition coefficient (Wildman–Crippen LogP) is 4.55. The highest BCUT2D eigenvalue weighted by molar-refractivity contribution is 6.30. The average Bonchev–Trinajstić information content (AvgIpc) is 3.40. The third kappa shape index (κ3) is 5.63. The third-order valence-electron chi connectivity index (χ3n) is 5.16. The maximum Gasteiger partial charge on any atom is 0.433 e. The SMILES string of the molecule is Cc1cn(Cc2cc(Cl)ccn2)nc1Cc1ccc(CNC(=O)c2cn[nH]c2C(F)(F)F)cc1. The Morgan fingerprint density at radius 3 is 2.62 bits per heavy atom. The van der Waals surface area contributed by atoms with Gasteiger partial charge in [-0.05, 0) is 35.7 Å². The lowest BCUT2D eigenvalue weighted by Gasteiger charge is -2.08. The predicted molar refractivity (Wildman–Crippen MR) is 119 cm³/mol. The number of aryl methyl sites for hydroxylation is 1. The van der Waals surface area contributed by atoms with Gasteiger partial charge in [0.15, 0.2) is 5.69 Å². The maximum atomic E-state index is 12.9. The van der Waals surface area contributed by atoms with Crippen LogP contribution in [0.15, 0.2) is 55.0 Å². The number of rotatable bonds is 7. The molecule has 0 radical (unpaired) electrons. The number of carbonyl (C=O) groups is 1. The molecular weight excluding hydrogens is 469 g/mol. The van der Waals surface area contributed by atoms with Crippen LogP contribution in [-0.4, -0.2) is 30.9 Å². The van der Waals surface area contributed by atoms with Gasteiger partial charge >= 0.3 is 6.18 Å². The highest BCUT2D eigenvalue weighted by atomic mass is 35.5. The van der Waals surface area contributed by atoms with Crippen molar-refractivity contribution in [3.63, 3.8) is 0 Å². The van der Waals surface area contributed by atoms with Crippen molar-refractivity contribution in [2.24, 2.45) is 0 Å². The van der Waals surface area contributed by atoms with E-state index in [1.807, 2.05) is 47.2 Å². The number of aromatic amines is 1. The number of nitrogens with zero attached hydrogens (tertiary/aromatic N) is 4. The molecule has 1 amide bonds. The summed E-state index contributed by atoms with van der Waals surface area (Å²) in [6, 6.07) is 11.0. The normalized spacial score (nSPS) is 11.6. The molecule has 11 heteroatoms. The minimum atomic E-state index is -4.68. The Labute approximate surface area is 198 Å². The Morgan fingerprint density at radius 2 is 1.91 bits per heavy atom. The number of halogens is 4. The van der Waals surface area contributed by atoms with Crippen LogP contribution in [0.1, 0.15) is 44.1 Å². The second kappa shape index (κ2) is 9.68. The van der Waals surface area contributed by atoms with E-state index >= 15 is 0 Å². The van der Waals surface area contributed by atoms with E-state index in [1.165, 1.54) is 0 Å². The highest BCUT2D eigenvalue weighted by Gasteiger charge is 2.37. The number of amides is 1. The van der Waals surface area contributed by atoms with E-state index in [-0.39, 0.29) is 6.54 Å². The van der Waals surface area contributed by atoms with Gasteiger partial charge in [0.05, 0.1) is 29.7 Å². The lowest BCUT2D eigenvalue weighted by Crippen LogP contribution is -2.25. The van der Waals surface area contributed by atoms with Crippen LogP contribution in [0, 0.1) is 6.92 Å². The molecule has 34 heavy (non-hydrogen) atoms. The minimum absolute atomic E-state index is 0.0852. The number of benzene rings is 1. The van der Waals surface area contributed by atoms with Crippen LogP contribution in [-0.2, 0) is 25.7 Å². The van der Waals surface area contributed by atoms with Crippen LogP contribution >= 0.6 is 11.6 Å². The number of hydrogen-bond donors (Lipinski definition) is 2. The Kier molecular flexibility index (Phi) is 6.69. The molecule has 7 nitrogen and oxygen atoms in total. The Bertz CT molecular complexity index is 1300. The molecule has 2 N–H and O–H groups in total. The van der Waals surface area contributed by atoms with E-state index in [0.717, 1.165) is 34.3 Å². The van der Waals surface area contributed by atoms with Gasteiger partial charge in [-0.3, -0.25) is 19.6 Å². The van der Waals surface area contributed by atoms with Gasteiger partial charge in [0.25, 0.3) is 5.91 Å². The minimum Gasteiger partial charge on any atom is -0.348 e. The summed E-state index contributed by atoms with van der Waals surface area (Å²) in [5.74, 6) is -0.847. The summed E-state index contributed by atoms with van der Waals surface area (Å²) in [5.41, 5.74) is 2.83. The summed E-state index contributed by atoms with van der Waals surface area (Å²) in [4.78, 5) is 16.4. The monoisotopic (exact) mass is 488 g/mol. The van der Waals surface area contributed by atoms with Crippen molar-refractivity contribution in [1.29, 1.82) is 0 Å². The van der Waals surface area contributed by atoms with Crippen molar-refractivity contribution in [1.82, 2.24) is 30.3 Å². The van der Waals surface area contributed by atoms with Crippen LogP contribution in [0.5, 0.6) is 0 Å². The van der Waals surface area contributed by atoms with Crippen molar-refractivity contribution < 1.29 is 18.0 Å². The molecule has 1 aromatic carbocycles. The van der Waals surface area contributed by atoms with Crippen LogP contribution in [0.25, 0.3) is 0 Å². The maximum absolute atomic E-state index is 12.9. The number of carbonyl (C=O) groups excluding carboxylic acids is 1. The fraction of sp³-hybridized carbons (Fsp3) is 0.217. The zero-order valence-electron chi connectivity index (χ0n) is 18.0. The van der Waals surface area contributed by atoms with E-state index in [1.54, 1.807) is 18.3 Å². The van der Waals surface area contributed by atoms with E-state index in [2.05, 4.69) is 20.5 Å². The first kappa shape index (κ1) is 23.5. The molecule has 0 saturated carbocycles. The largest absolute Gasteiger partial charge is 0.433 e. The first-order valence-corrected chi connectivity index (χ1v) is 10.7. The van der Waals surface area contributed by atoms with Gasteiger partial charge in [-0.2, -0.15) is 23.4 Å². The van der Waals surface area contributed by atoms with Crippen molar-refractivity contribution in [3.8, 4) is 0 Å². The Morgan fingerprint density at radius 1 is 1.18 bits per heavy atom. The molecule has 0 saturated heterocycles. The molecule has 0 unspecified atom stereocenters. The third-order valence-corrected chi connectivity index (χ3v) is 5.40. The van der Waals surface area contributed by atoms with Gasteiger partial charge in [0, 0.05) is 30.4 Å². The quantitative estimate of drug-likeness (QED) is 0.399. The smallest absolute Gasteiger partial charge is 0.348 e. The fourth-order valence-electron chi connectivity index (χ4n) is 3.44. The lowest BCUT2D eigenvalue weighted by molar-refractivity contribution is -0.141. The van der Waals surface area contributed by atoms with Gasteiger partial charge in [-0.25, -0.2) is 0 Å². The first-order chi connectivity index (χ1) is 16.2. The molecule has 0 atom stereocenters. The number of pyridine rings is 1. The number of hydrogen-bond acceptors (Lipinski definition) is 4. The van der Waals surface area contributed by atoms with Crippen LogP contribution in [0.3, 0.4) is 0 Å². The summed E-state index contributed by atoms with van der Waals surface area (Å²) in [5, 5.41) is 12.9. The summed E-state index contributed by atoms with van der Waals surface area (Å²) >= 11 is 6.02. The van der Waals surface area contributed by atoms with Crippen LogP contribution in [0.2, 0.25) is 5.02 Å². The molecule has 0 aliphatic carbocycles. The van der Waals surface area contributed by atoms with Gasteiger partial charge in [0.2, 0.25) is 0 Å². The number of alkyl halides is 3. The molecule has 0 fully saturated rings. The number of H-pyrrole nitrogens is 1. The van der Waals surface area contributed by atoms with Gasteiger partial charge in [0.1, 0.15) is 0 Å². The summed E-state index contributed by atoms with van der Waals surface area (Å²) in [7, 11) is 0. The van der Waals surface area contributed by atoms with Crippen LogP contribution in [0.4, 0.5) is 13.2 Å². The first-order valence-electron chi connectivity index (χ1n) is 10.3. The van der Waals surface area contributed by atoms with Crippen LogP contribution < -0.4 is 5.32 Å². The topological polar surface area (TPSA) is 88.5 Å².